The zero-order valence-corrected chi connectivity index (χ0v) is 14.6. The minimum Gasteiger partial charge on any atom is -0.493 e. The highest BCUT2D eigenvalue weighted by atomic mass is 16.5. The normalized spacial score (nSPS) is 15.5. The number of hydrogen-bond donors (Lipinski definition) is 1. The van der Waals surface area contributed by atoms with Crippen LogP contribution in [0.5, 0.6) is 17.2 Å². The molecule has 0 bridgehead atoms. The van der Waals surface area contributed by atoms with Crippen LogP contribution in [0.25, 0.3) is 0 Å². The molecule has 1 aliphatic heterocycles. The van der Waals surface area contributed by atoms with Crippen LogP contribution >= 0.6 is 0 Å². The highest BCUT2D eigenvalue weighted by molar-refractivity contribution is 5.98. The van der Waals surface area contributed by atoms with Gasteiger partial charge in [0.1, 0.15) is 5.75 Å². The molecule has 2 amide bonds. The molecule has 1 atom stereocenters. The third kappa shape index (κ3) is 3.56. The number of carbonyl (C=O) groups is 2. The molecule has 0 aromatic heterocycles. The number of amides is 2. The number of rotatable bonds is 5. The second kappa shape index (κ2) is 7.77. The Morgan fingerprint density at radius 2 is 1.85 bits per heavy atom. The smallest absolute Gasteiger partial charge is 0.265 e. The molecule has 1 aliphatic rings. The first-order chi connectivity index (χ1) is 12.6. The standard InChI is InChI=1S/C19H20N2O5/c1-20-19(23)17-11-21(13-7-3-4-8-14(13)26-17)18(22)12-25-16-10-6-5-9-15(16)24-2/h3-10,17H,11-12H2,1-2H3,(H,20,23)/t17-/m0/s1. The SMILES string of the molecule is CNC(=O)[C@@H]1CN(C(=O)COc2ccccc2OC)c2ccccc2O1. The Hall–Kier alpha value is -3.22. The van der Waals surface area contributed by atoms with Crippen molar-refractivity contribution < 1.29 is 23.8 Å². The number of likely N-dealkylation sites (N-methyl/N-ethyl adjacent to an activating group) is 1. The third-order valence-corrected chi connectivity index (χ3v) is 4.03. The van der Waals surface area contributed by atoms with Crippen LogP contribution in [-0.2, 0) is 9.59 Å². The van der Waals surface area contributed by atoms with Crippen LogP contribution in [0.2, 0.25) is 0 Å². The van der Waals surface area contributed by atoms with Gasteiger partial charge in [0, 0.05) is 7.05 Å². The molecule has 26 heavy (non-hydrogen) atoms. The van der Waals surface area contributed by atoms with Crippen LogP contribution in [0.15, 0.2) is 48.5 Å². The lowest BCUT2D eigenvalue weighted by Gasteiger charge is -2.33. The maximum atomic E-state index is 12.8. The van der Waals surface area contributed by atoms with Crippen LogP contribution in [0.3, 0.4) is 0 Å². The maximum absolute atomic E-state index is 12.8. The van der Waals surface area contributed by atoms with Crippen LogP contribution in [0.4, 0.5) is 5.69 Å². The Bertz CT molecular complexity index is 808. The molecule has 0 aliphatic carbocycles. The van der Waals surface area contributed by atoms with Crippen LogP contribution < -0.4 is 24.4 Å². The number of anilines is 1. The molecule has 1 N–H and O–H groups in total. The summed E-state index contributed by atoms with van der Waals surface area (Å²) >= 11 is 0. The van der Waals surface area contributed by atoms with Gasteiger partial charge in [-0.3, -0.25) is 9.59 Å². The number of methoxy groups -OCH3 is 1. The van der Waals surface area contributed by atoms with E-state index in [0.29, 0.717) is 22.9 Å². The van der Waals surface area contributed by atoms with E-state index in [2.05, 4.69) is 5.32 Å². The average Bonchev–Trinajstić information content (AvgIpc) is 2.70. The fourth-order valence-electron chi connectivity index (χ4n) is 2.72. The zero-order valence-electron chi connectivity index (χ0n) is 14.6. The lowest BCUT2D eigenvalue weighted by atomic mass is 10.1. The van der Waals surface area contributed by atoms with Crippen molar-refractivity contribution in [3.05, 3.63) is 48.5 Å². The molecule has 0 radical (unpaired) electrons. The van der Waals surface area contributed by atoms with Gasteiger partial charge in [-0.2, -0.15) is 0 Å². The fraction of sp³-hybridized carbons (Fsp3) is 0.263. The number of nitrogens with one attached hydrogen (secondary N) is 1. The van der Waals surface area contributed by atoms with Gasteiger partial charge in [-0.25, -0.2) is 0 Å². The number of ether oxygens (including phenoxy) is 3. The molecular weight excluding hydrogens is 336 g/mol. The Kier molecular flexibility index (Phi) is 5.26. The fourth-order valence-corrected chi connectivity index (χ4v) is 2.72. The van der Waals surface area contributed by atoms with Crippen molar-refractivity contribution >= 4 is 17.5 Å². The molecule has 0 spiro atoms. The summed E-state index contributed by atoms with van der Waals surface area (Å²) in [4.78, 5) is 26.3. The maximum Gasteiger partial charge on any atom is 0.265 e. The van der Waals surface area contributed by atoms with E-state index in [1.807, 2.05) is 12.1 Å². The van der Waals surface area contributed by atoms with Gasteiger partial charge < -0.3 is 24.4 Å². The molecule has 2 aromatic rings. The molecule has 2 aromatic carbocycles. The first kappa shape index (κ1) is 17.6. The molecular formula is C19H20N2O5. The van der Waals surface area contributed by atoms with E-state index in [4.69, 9.17) is 14.2 Å². The van der Waals surface area contributed by atoms with E-state index in [1.54, 1.807) is 36.4 Å². The first-order valence-electron chi connectivity index (χ1n) is 8.17. The van der Waals surface area contributed by atoms with Gasteiger partial charge in [0.05, 0.1) is 19.3 Å². The number of fused-ring (bicyclic) bond motifs is 1. The van der Waals surface area contributed by atoms with Gasteiger partial charge >= 0.3 is 0 Å². The predicted octanol–water partition coefficient (Wildman–Crippen LogP) is 1.61. The monoisotopic (exact) mass is 356 g/mol. The molecule has 7 nitrogen and oxygen atoms in total. The highest BCUT2D eigenvalue weighted by Crippen LogP contribution is 2.33. The lowest BCUT2D eigenvalue weighted by Crippen LogP contribution is -2.51. The summed E-state index contributed by atoms with van der Waals surface area (Å²) in [5, 5.41) is 2.55. The van der Waals surface area contributed by atoms with E-state index in [9.17, 15) is 9.59 Å². The van der Waals surface area contributed by atoms with Crippen LogP contribution in [-0.4, -0.2) is 45.2 Å². The van der Waals surface area contributed by atoms with Crippen molar-refractivity contribution in [1.29, 1.82) is 0 Å². The Labute approximate surface area is 151 Å². The van der Waals surface area contributed by atoms with Crippen molar-refractivity contribution in [2.24, 2.45) is 0 Å². The summed E-state index contributed by atoms with van der Waals surface area (Å²) in [6, 6.07) is 14.2. The molecule has 0 unspecified atom stereocenters. The molecule has 7 heteroatoms. The van der Waals surface area contributed by atoms with Gasteiger partial charge in [-0.1, -0.05) is 24.3 Å². The van der Waals surface area contributed by atoms with E-state index >= 15 is 0 Å². The Morgan fingerprint density at radius 1 is 1.15 bits per heavy atom. The van der Waals surface area contributed by atoms with Gasteiger partial charge in [-0.15, -0.1) is 0 Å². The quantitative estimate of drug-likeness (QED) is 0.881. The molecule has 0 saturated heterocycles. The zero-order chi connectivity index (χ0) is 18.5. The second-order valence-corrected chi connectivity index (χ2v) is 5.63. The van der Waals surface area contributed by atoms with Gasteiger partial charge in [0.15, 0.2) is 24.2 Å². The lowest BCUT2D eigenvalue weighted by molar-refractivity contribution is -0.128. The summed E-state index contributed by atoms with van der Waals surface area (Å²) in [6.07, 6.45) is -0.773. The summed E-state index contributed by atoms with van der Waals surface area (Å²) in [5.74, 6) is 0.945. The number of hydrogen-bond acceptors (Lipinski definition) is 5. The predicted molar refractivity (Wildman–Crippen MR) is 95.8 cm³/mol. The summed E-state index contributed by atoms with van der Waals surface area (Å²) in [7, 11) is 3.07. The van der Waals surface area contributed by atoms with E-state index in [0.717, 1.165) is 0 Å². The number of nitrogens with zero attached hydrogens (tertiary/aromatic N) is 1. The summed E-state index contributed by atoms with van der Waals surface area (Å²) in [5.41, 5.74) is 0.612. The number of para-hydroxylation sites is 4. The van der Waals surface area contributed by atoms with Crippen LogP contribution in [0.1, 0.15) is 0 Å². The average molecular weight is 356 g/mol. The first-order valence-corrected chi connectivity index (χ1v) is 8.17. The van der Waals surface area contributed by atoms with Gasteiger partial charge in [0.2, 0.25) is 0 Å². The van der Waals surface area contributed by atoms with Crippen LogP contribution in [0, 0.1) is 0 Å². The number of benzene rings is 2. The third-order valence-electron chi connectivity index (χ3n) is 4.03. The van der Waals surface area contributed by atoms with Crippen molar-refractivity contribution in [2.75, 3.05) is 32.2 Å². The molecule has 0 fully saturated rings. The van der Waals surface area contributed by atoms with E-state index in [-0.39, 0.29) is 25.0 Å². The molecule has 3 rings (SSSR count). The Balaban J connectivity index is 1.78. The van der Waals surface area contributed by atoms with Crippen molar-refractivity contribution in [3.8, 4) is 17.2 Å². The van der Waals surface area contributed by atoms with E-state index in [1.165, 1.54) is 19.1 Å². The largest absolute Gasteiger partial charge is 0.493 e. The van der Waals surface area contributed by atoms with Crippen molar-refractivity contribution in [1.82, 2.24) is 5.32 Å². The minimum atomic E-state index is -0.773. The second-order valence-electron chi connectivity index (χ2n) is 5.63. The van der Waals surface area contributed by atoms with Gasteiger partial charge in [0.25, 0.3) is 11.8 Å². The number of carbonyl (C=O) groups excluding carboxylic acids is 2. The summed E-state index contributed by atoms with van der Waals surface area (Å²) in [6.45, 7) is -0.0695. The summed E-state index contributed by atoms with van der Waals surface area (Å²) < 4.78 is 16.5. The highest BCUT2D eigenvalue weighted by Gasteiger charge is 2.33. The van der Waals surface area contributed by atoms with E-state index < -0.39 is 6.10 Å². The van der Waals surface area contributed by atoms with Gasteiger partial charge in [-0.05, 0) is 24.3 Å². The topological polar surface area (TPSA) is 77.1 Å². The van der Waals surface area contributed by atoms with Crippen molar-refractivity contribution in [2.45, 2.75) is 6.10 Å². The minimum absolute atomic E-state index is 0.116. The molecule has 0 saturated carbocycles. The van der Waals surface area contributed by atoms with Crippen molar-refractivity contribution in [3.63, 3.8) is 0 Å². The molecule has 136 valence electrons. The molecule has 1 heterocycles. The Morgan fingerprint density at radius 3 is 2.58 bits per heavy atom.